The maximum absolute atomic E-state index is 13.6. The number of esters is 1. The predicted molar refractivity (Wildman–Crippen MR) is 374 cm³/mol. The van der Waals surface area contributed by atoms with Gasteiger partial charge in [-0.1, -0.05) is 327 Å². The Bertz CT molecular complexity index is 1560. The van der Waals surface area contributed by atoms with E-state index in [1.807, 2.05) is 27.2 Å². The van der Waals surface area contributed by atoms with E-state index in [9.17, 15) is 19.0 Å². The molecule has 0 aliphatic rings. The lowest BCUT2D eigenvalue weighted by Crippen LogP contribution is -2.47. The van der Waals surface area contributed by atoms with Crippen LogP contribution in [0, 0.1) is 0 Å². The van der Waals surface area contributed by atoms with Crippen LogP contribution >= 0.6 is 7.82 Å². The van der Waals surface area contributed by atoms with Crippen LogP contribution in [0.3, 0.4) is 0 Å². The first kappa shape index (κ1) is 84.2. The molecule has 3 unspecified atom stereocenters. The number of hydrogen-bond acceptors (Lipinski definition) is 6. The van der Waals surface area contributed by atoms with Crippen LogP contribution in [0.2, 0.25) is 0 Å². The summed E-state index contributed by atoms with van der Waals surface area (Å²) in [5.41, 5.74) is 0. The van der Waals surface area contributed by atoms with E-state index in [2.05, 4.69) is 56.5 Å². The molecular formula is C76H148N2O7P+. The van der Waals surface area contributed by atoms with Crippen molar-refractivity contribution in [3.05, 3.63) is 36.5 Å². The Kier molecular flexibility index (Phi) is 64.8. The van der Waals surface area contributed by atoms with Crippen molar-refractivity contribution in [2.24, 2.45) is 0 Å². The quantitative estimate of drug-likeness (QED) is 0.0205. The lowest BCUT2D eigenvalue weighted by molar-refractivity contribution is -0.870. The molecule has 0 saturated carbocycles. The van der Waals surface area contributed by atoms with Crippen molar-refractivity contribution in [1.82, 2.24) is 5.32 Å². The van der Waals surface area contributed by atoms with Crippen LogP contribution in [0.15, 0.2) is 36.5 Å². The number of carbonyl (C=O) groups is 2. The standard InChI is InChI=1S/C76H147N2O7P/c1-7-10-13-16-19-22-25-28-30-32-34-36-37-38-39-40-41-43-44-46-48-50-53-56-59-62-65-68-75(79)77-73(72-84-86(81,82)83-71-70-78(4,5)6)74(67-64-61-58-55-52-27-24-21-18-15-12-9-3)85-76(80)69-66-63-60-57-54-51-49-47-45-42-35-33-31-29-26-23-20-17-14-11-8-2/h28-31,64,67,73-74H,7-27,32-63,65-66,68-72H2,1-6H3,(H-,77,79,81,82)/p+1/b30-28+,31-29+,67-64-. The van der Waals surface area contributed by atoms with Gasteiger partial charge in [0.2, 0.25) is 5.91 Å². The third-order valence-electron chi connectivity index (χ3n) is 17.3. The number of likely N-dealkylation sites (N-methyl/N-ethyl adjacent to an activating group) is 1. The second-order valence-electron chi connectivity index (χ2n) is 27.2. The molecule has 0 fully saturated rings. The molecule has 10 heteroatoms. The van der Waals surface area contributed by atoms with Crippen LogP contribution < -0.4 is 5.32 Å². The molecule has 0 heterocycles. The molecule has 0 aliphatic carbocycles. The van der Waals surface area contributed by atoms with E-state index in [-0.39, 0.29) is 25.1 Å². The summed E-state index contributed by atoms with van der Waals surface area (Å²) in [4.78, 5) is 38.0. The van der Waals surface area contributed by atoms with Crippen molar-refractivity contribution < 1.29 is 37.3 Å². The van der Waals surface area contributed by atoms with Crippen molar-refractivity contribution in [2.45, 2.75) is 399 Å². The number of rotatable bonds is 70. The van der Waals surface area contributed by atoms with Gasteiger partial charge in [-0.25, -0.2) is 4.57 Å². The topological polar surface area (TPSA) is 111 Å². The molecule has 0 bridgehead atoms. The Morgan fingerprint density at radius 1 is 0.395 bits per heavy atom. The van der Waals surface area contributed by atoms with Gasteiger partial charge in [-0.15, -0.1) is 0 Å². The van der Waals surface area contributed by atoms with Gasteiger partial charge in [0, 0.05) is 12.8 Å². The van der Waals surface area contributed by atoms with Crippen molar-refractivity contribution in [2.75, 3.05) is 40.9 Å². The van der Waals surface area contributed by atoms with Gasteiger partial charge in [0.05, 0.1) is 33.8 Å². The minimum absolute atomic E-state index is 0.0432. The number of nitrogens with zero attached hydrogens (tertiary/aromatic N) is 1. The SMILES string of the molecule is CCCCCCCC/C=C/CCCCCCCCCCCCCCCCCCCC(=O)NC(COP(=O)(O)OCC[N+](C)(C)C)C(/C=C\CCCCCCCCCCCC)OC(=O)CCCCCCCCCCCCC/C=C/CCCCCCCC. The summed E-state index contributed by atoms with van der Waals surface area (Å²) in [6, 6.07) is -0.846. The van der Waals surface area contributed by atoms with E-state index in [4.69, 9.17) is 13.8 Å². The van der Waals surface area contributed by atoms with Gasteiger partial charge in [-0.2, -0.15) is 0 Å². The molecule has 0 aromatic heterocycles. The first-order valence-electron chi connectivity index (χ1n) is 37.8. The number of ether oxygens (including phenoxy) is 1. The third kappa shape index (κ3) is 66.6. The molecule has 1 amide bonds. The van der Waals surface area contributed by atoms with Crippen LogP contribution in [0.5, 0.6) is 0 Å². The molecule has 0 aromatic rings. The monoisotopic (exact) mass is 1230 g/mol. The molecule has 0 aliphatic heterocycles. The summed E-state index contributed by atoms with van der Waals surface area (Å²) in [5, 5.41) is 3.08. The molecule has 3 atom stereocenters. The number of allylic oxidation sites excluding steroid dienone is 5. The molecular weight excluding hydrogens is 1080 g/mol. The summed E-state index contributed by atoms with van der Waals surface area (Å²) in [7, 11) is 1.52. The van der Waals surface area contributed by atoms with Gasteiger partial charge < -0.3 is 19.4 Å². The number of phosphoric ester groups is 1. The van der Waals surface area contributed by atoms with Gasteiger partial charge in [-0.3, -0.25) is 18.6 Å². The highest BCUT2D eigenvalue weighted by molar-refractivity contribution is 7.47. The number of amides is 1. The molecule has 86 heavy (non-hydrogen) atoms. The maximum atomic E-state index is 13.6. The highest BCUT2D eigenvalue weighted by Crippen LogP contribution is 2.43. The Morgan fingerprint density at radius 2 is 0.674 bits per heavy atom. The summed E-state index contributed by atoms with van der Waals surface area (Å²) in [6.45, 7) is 7.07. The molecule has 0 rings (SSSR count). The first-order chi connectivity index (χ1) is 41.9. The number of quaternary nitrogens is 1. The van der Waals surface area contributed by atoms with Crippen LogP contribution in [0.25, 0.3) is 0 Å². The van der Waals surface area contributed by atoms with E-state index < -0.39 is 20.0 Å². The number of nitrogens with one attached hydrogen (secondary N) is 1. The average molecular weight is 1230 g/mol. The fourth-order valence-corrected chi connectivity index (χ4v) is 12.2. The molecule has 0 saturated heterocycles. The first-order valence-corrected chi connectivity index (χ1v) is 39.3. The number of phosphoric acid groups is 1. The summed E-state index contributed by atoms with van der Waals surface area (Å²) in [6.07, 6.45) is 83.1. The zero-order chi connectivity index (χ0) is 62.8. The van der Waals surface area contributed by atoms with Crippen LogP contribution in [0.1, 0.15) is 387 Å². The van der Waals surface area contributed by atoms with Gasteiger partial charge in [-0.05, 0) is 83.1 Å². The zero-order valence-corrected chi connectivity index (χ0v) is 59.2. The van der Waals surface area contributed by atoms with Crippen LogP contribution in [0.4, 0.5) is 0 Å². The second kappa shape index (κ2) is 66.2. The minimum atomic E-state index is -4.45. The number of hydrogen-bond donors (Lipinski definition) is 2. The molecule has 508 valence electrons. The summed E-state index contributed by atoms with van der Waals surface area (Å²) < 4.78 is 30.9. The van der Waals surface area contributed by atoms with Crippen molar-refractivity contribution in [3.63, 3.8) is 0 Å². The fraction of sp³-hybridized carbons (Fsp3) is 0.895. The maximum Gasteiger partial charge on any atom is 0.472 e. The summed E-state index contributed by atoms with van der Waals surface area (Å²) in [5.74, 6) is -0.484. The number of unbranched alkanes of at least 4 members (excludes halogenated alkanes) is 50. The normalized spacial score (nSPS) is 13.6. The largest absolute Gasteiger partial charge is 0.472 e. The van der Waals surface area contributed by atoms with Crippen molar-refractivity contribution in [3.8, 4) is 0 Å². The van der Waals surface area contributed by atoms with Crippen LogP contribution in [-0.2, 0) is 27.9 Å². The Balaban J connectivity index is 4.95. The Labute approximate surface area is 536 Å². The van der Waals surface area contributed by atoms with Gasteiger partial charge >= 0.3 is 13.8 Å². The van der Waals surface area contributed by atoms with E-state index >= 15 is 0 Å². The number of carbonyl (C=O) groups excluding carboxylic acids is 2. The van der Waals surface area contributed by atoms with E-state index in [1.165, 1.54) is 295 Å². The summed E-state index contributed by atoms with van der Waals surface area (Å²) >= 11 is 0. The highest BCUT2D eigenvalue weighted by atomic mass is 31.2. The molecule has 0 aromatic carbocycles. The molecule has 0 radical (unpaired) electrons. The van der Waals surface area contributed by atoms with Gasteiger partial charge in [0.1, 0.15) is 19.3 Å². The highest BCUT2D eigenvalue weighted by Gasteiger charge is 2.30. The van der Waals surface area contributed by atoms with Crippen LogP contribution in [-0.4, -0.2) is 74.3 Å². The lowest BCUT2D eigenvalue weighted by atomic mass is 10.0. The van der Waals surface area contributed by atoms with E-state index in [1.54, 1.807) is 0 Å². The smallest absolute Gasteiger partial charge is 0.456 e. The van der Waals surface area contributed by atoms with E-state index in [0.29, 0.717) is 23.9 Å². The second-order valence-corrected chi connectivity index (χ2v) is 28.6. The predicted octanol–water partition coefficient (Wildman–Crippen LogP) is 24.2. The third-order valence-corrected chi connectivity index (χ3v) is 18.3. The fourth-order valence-electron chi connectivity index (χ4n) is 11.5. The minimum Gasteiger partial charge on any atom is -0.456 e. The molecule has 2 N–H and O–H groups in total. The average Bonchev–Trinajstić information content (AvgIpc) is 3.67. The Hall–Kier alpha value is -1.77. The molecule has 0 spiro atoms. The van der Waals surface area contributed by atoms with Crippen molar-refractivity contribution >= 4 is 19.7 Å². The van der Waals surface area contributed by atoms with Gasteiger partial charge in [0.15, 0.2) is 0 Å². The van der Waals surface area contributed by atoms with E-state index in [0.717, 1.165) is 57.8 Å². The lowest BCUT2D eigenvalue weighted by Gasteiger charge is -2.27. The van der Waals surface area contributed by atoms with Crippen molar-refractivity contribution in [1.29, 1.82) is 0 Å². The molecule has 9 nitrogen and oxygen atoms in total. The zero-order valence-electron chi connectivity index (χ0n) is 58.3. The van der Waals surface area contributed by atoms with Gasteiger partial charge in [0.25, 0.3) is 0 Å². The Morgan fingerprint density at radius 3 is 0.988 bits per heavy atom.